The van der Waals surface area contributed by atoms with Gasteiger partial charge in [0.05, 0.1) is 9.61 Å². The molecule has 2 rings (SSSR count). The second-order valence-corrected chi connectivity index (χ2v) is 6.29. The summed E-state index contributed by atoms with van der Waals surface area (Å²) in [5.41, 5.74) is 0.290. The number of thiazole rings is 1. The van der Waals surface area contributed by atoms with Crippen LogP contribution in [-0.2, 0) is 0 Å². The van der Waals surface area contributed by atoms with E-state index in [1.165, 1.54) is 22.8 Å². The average molecular weight is 418 g/mol. The van der Waals surface area contributed by atoms with Crippen molar-refractivity contribution in [2.75, 3.05) is 0 Å². The summed E-state index contributed by atoms with van der Waals surface area (Å²) in [6.07, 6.45) is 0. The minimum absolute atomic E-state index is 0.0389. The van der Waals surface area contributed by atoms with Gasteiger partial charge in [0.2, 0.25) is 0 Å². The van der Waals surface area contributed by atoms with Gasteiger partial charge in [0, 0.05) is 10.9 Å². The molecular weight excluding hydrogens is 407 g/mol. The fourth-order valence-electron chi connectivity index (χ4n) is 1.58. The molecule has 0 aliphatic rings. The van der Waals surface area contributed by atoms with E-state index in [0.29, 0.717) is 14.1 Å². The number of phenolic OH excluding ortho intramolecular Hbond substituents is 1. The number of halogens is 1. The number of carbonyl (C=O) groups is 2. The third kappa shape index (κ3) is 3.70. The quantitative estimate of drug-likeness (QED) is 0.664. The van der Waals surface area contributed by atoms with Gasteiger partial charge in [0.1, 0.15) is 10.8 Å². The number of aromatic carboxylic acids is 1. The summed E-state index contributed by atoms with van der Waals surface area (Å²) in [7, 11) is 0. The third-order valence-electron chi connectivity index (χ3n) is 2.67. The molecule has 0 aliphatic heterocycles. The fourth-order valence-corrected chi connectivity index (χ4v) is 2.72. The lowest BCUT2D eigenvalue weighted by Gasteiger charge is -2.11. The second kappa shape index (κ2) is 6.39. The van der Waals surface area contributed by atoms with E-state index in [1.54, 1.807) is 19.1 Å². The van der Waals surface area contributed by atoms with E-state index < -0.39 is 12.0 Å². The van der Waals surface area contributed by atoms with E-state index >= 15 is 0 Å². The van der Waals surface area contributed by atoms with Crippen LogP contribution >= 0.6 is 33.9 Å². The van der Waals surface area contributed by atoms with Crippen molar-refractivity contribution in [2.24, 2.45) is 0 Å². The Kier molecular flexibility index (Phi) is 4.78. The molecule has 0 spiro atoms. The number of rotatable bonds is 4. The summed E-state index contributed by atoms with van der Waals surface area (Å²) < 4.78 is 0.656. The Bertz CT molecular complexity index is 701. The molecule has 1 aromatic heterocycles. The molecule has 1 aromatic carbocycles. The van der Waals surface area contributed by atoms with Crippen molar-refractivity contribution >= 4 is 45.8 Å². The Morgan fingerprint density at radius 3 is 2.71 bits per heavy atom. The number of carbonyl (C=O) groups excluding carboxylic acids is 1. The van der Waals surface area contributed by atoms with Crippen molar-refractivity contribution in [1.29, 1.82) is 0 Å². The Hall–Kier alpha value is -1.68. The number of aromatic hydroxyl groups is 1. The molecule has 1 heterocycles. The highest BCUT2D eigenvalue weighted by Gasteiger charge is 2.17. The van der Waals surface area contributed by atoms with Gasteiger partial charge in [-0.15, -0.1) is 11.3 Å². The van der Waals surface area contributed by atoms with Crippen molar-refractivity contribution in [1.82, 2.24) is 10.3 Å². The van der Waals surface area contributed by atoms with E-state index in [-0.39, 0.29) is 17.4 Å². The number of nitrogens with one attached hydrogen (secondary N) is 1. The van der Waals surface area contributed by atoms with Crippen molar-refractivity contribution in [3.63, 3.8) is 0 Å². The van der Waals surface area contributed by atoms with Crippen LogP contribution in [0.3, 0.4) is 0 Å². The van der Waals surface area contributed by atoms with E-state index in [4.69, 9.17) is 5.11 Å². The summed E-state index contributed by atoms with van der Waals surface area (Å²) >= 11 is 3.13. The molecule has 2 aromatic rings. The highest BCUT2D eigenvalue weighted by molar-refractivity contribution is 14.1. The van der Waals surface area contributed by atoms with Crippen molar-refractivity contribution < 1.29 is 19.8 Å². The number of carboxylic acids is 1. The van der Waals surface area contributed by atoms with Gasteiger partial charge < -0.3 is 15.5 Å². The Morgan fingerprint density at radius 1 is 1.43 bits per heavy atom. The van der Waals surface area contributed by atoms with Gasteiger partial charge in [-0.1, -0.05) is 0 Å². The van der Waals surface area contributed by atoms with Gasteiger partial charge in [0.25, 0.3) is 5.91 Å². The molecule has 1 amide bonds. The summed E-state index contributed by atoms with van der Waals surface area (Å²) in [5.74, 6) is -1.42. The van der Waals surface area contributed by atoms with Gasteiger partial charge in [-0.05, 0) is 47.7 Å². The summed E-state index contributed by atoms with van der Waals surface area (Å²) in [5, 5.41) is 23.1. The van der Waals surface area contributed by atoms with Crippen LogP contribution < -0.4 is 5.32 Å². The maximum atomic E-state index is 12.1. The van der Waals surface area contributed by atoms with Crippen molar-refractivity contribution in [2.45, 2.75) is 13.0 Å². The number of nitrogens with zero attached hydrogens (tertiary/aromatic N) is 1. The number of benzene rings is 1. The SMILES string of the molecule is CC(NC(=O)c1ccc(I)c(O)c1)c1nc(C(=O)O)cs1. The zero-order chi connectivity index (χ0) is 15.6. The molecule has 110 valence electrons. The number of phenols is 1. The number of hydrogen-bond donors (Lipinski definition) is 3. The highest BCUT2D eigenvalue weighted by Crippen LogP contribution is 2.22. The maximum absolute atomic E-state index is 12.1. The van der Waals surface area contributed by atoms with E-state index in [9.17, 15) is 14.7 Å². The molecule has 0 saturated carbocycles. The Labute approximate surface area is 138 Å². The average Bonchev–Trinajstić information content (AvgIpc) is 2.91. The van der Waals surface area contributed by atoms with Gasteiger partial charge in [0.15, 0.2) is 5.69 Å². The van der Waals surface area contributed by atoms with Crippen LogP contribution in [0.4, 0.5) is 0 Å². The highest BCUT2D eigenvalue weighted by atomic mass is 127. The number of aromatic nitrogens is 1. The van der Waals surface area contributed by atoms with Crippen molar-refractivity contribution in [3.8, 4) is 5.75 Å². The fraction of sp³-hybridized carbons (Fsp3) is 0.154. The molecule has 6 nitrogen and oxygen atoms in total. The van der Waals surface area contributed by atoms with Crippen LogP contribution in [0.2, 0.25) is 0 Å². The zero-order valence-corrected chi connectivity index (χ0v) is 13.8. The predicted molar refractivity (Wildman–Crippen MR) is 85.8 cm³/mol. The van der Waals surface area contributed by atoms with Crippen LogP contribution in [0.5, 0.6) is 5.75 Å². The molecule has 21 heavy (non-hydrogen) atoms. The topological polar surface area (TPSA) is 99.5 Å². The molecule has 0 fully saturated rings. The molecule has 8 heteroatoms. The lowest BCUT2D eigenvalue weighted by atomic mass is 10.2. The monoisotopic (exact) mass is 418 g/mol. The maximum Gasteiger partial charge on any atom is 0.355 e. The lowest BCUT2D eigenvalue weighted by Crippen LogP contribution is -2.26. The van der Waals surface area contributed by atoms with E-state index in [2.05, 4.69) is 10.3 Å². The van der Waals surface area contributed by atoms with Crippen LogP contribution in [0.1, 0.15) is 38.8 Å². The summed E-state index contributed by atoms with van der Waals surface area (Å²) in [4.78, 5) is 26.8. The molecule has 3 N–H and O–H groups in total. The van der Waals surface area contributed by atoms with Crippen LogP contribution in [0.25, 0.3) is 0 Å². The molecule has 0 saturated heterocycles. The minimum Gasteiger partial charge on any atom is -0.507 e. The van der Waals surface area contributed by atoms with Crippen LogP contribution in [0, 0.1) is 3.57 Å². The van der Waals surface area contributed by atoms with Crippen LogP contribution in [0.15, 0.2) is 23.6 Å². The number of amides is 1. The first kappa shape index (κ1) is 15.7. The van der Waals surface area contributed by atoms with Gasteiger partial charge in [-0.25, -0.2) is 9.78 Å². The Balaban J connectivity index is 2.10. The smallest absolute Gasteiger partial charge is 0.355 e. The number of carboxylic acid groups (broad SMARTS) is 1. The van der Waals surface area contributed by atoms with E-state index in [0.717, 1.165) is 0 Å². The Morgan fingerprint density at radius 2 is 2.14 bits per heavy atom. The van der Waals surface area contributed by atoms with Gasteiger partial charge >= 0.3 is 5.97 Å². The van der Waals surface area contributed by atoms with Crippen LogP contribution in [-0.4, -0.2) is 27.1 Å². The largest absolute Gasteiger partial charge is 0.507 e. The first-order valence-corrected chi connectivity index (χ1v) is 7.82. The molecule has 1 unspecified atom stereocenters. The van der Waals surface area contributed by atoms with Gasteiger partial charge in [-0.2, -0.15) is 0 Å². The zero-order valence-electron chi connectivity index (χ0n) is 10.8. The first-order chi connectivity index (χ1) is 9.88. The normalized spacial score (nSPS) is 11.9. The van der Waals surface area contributed by atoms with Crippen molar-refractivity contribution in [3.05, 3.63) is 43.4 Å². The molecule has 1 atom stereocenters. The van der Waals surface area contributed by atoms with E-state index in [1.807, 2.05) is 22.6 Å². The molecule has 0 aliphatic carbocycles. The summed E-state index contributed by atoms with van der Waals surface area (Å²) in [6.45, 7) is 1.72. The first-order valence-electron chi connectivity index (χ1n) is 5.86. The second-order valence-electron chi connectivity index (χ2n) is 4.24. The predicted octanol–water partition coefficient (Wildman–Crippen LogP) is 2.64. The number of hydrogen-bond acceptors (Lipinski definition) is 5. The molecular formula is C13H11IN2O4S. The van der Waals surface area contributed by atoms with Gasteiger partial charge in [-0.3, -0.25) is 4.79 Å². The minimum atomic E-state index is -1.10. The summed E-state index contributed by atoms with van der Waals surface area (Å²) in [6, 6.07) is 4.21. The lowest BCUT2D eigenvalue weighted by molar-refractivity contribution is 0.0691. The molecule has 0 bridgehead atoms. The standard InChI is InChI=1S/C13H11IN2O4S/c1-6(12-16-9(5-21-12)13(19)20)15-11(18)7-2-3-8(14)10(17)4-7/h2-6,17H,1H3,(H,15,18)(H,19,20). The third-order valence-corrected chi connectivity index (χ3v) is 4.61. The molecule has 0 radical (unpaired) electrons.